The molecule has 0 heterocycles. The summed E-state index contributed by atoms with van der Waals surface area (Å²) >= 11 is 0. The Kier molecular flexibility index (Phi) is 16.2. The number of hydrogen-bond donors (Lipinski definition) is 1. The summed E-state index contributed by atoms with van der Waals surface area (Å²) in [5, 5.41) is 2.86. The molecule has 0 unspecified atom stereocenters. The average Bonchev–Trinajstić information content (AvgIpc) is 2.92. The molecule has 0 aromatic heterocycles. The van der Waals surface area contributed by atoms with Crippen LogP contribution in [-0.4, -0.2) is 78.6 Å². The van der Waals surface area contributed by atoms with Gasteiger partial charge in [0.15, 0.2) is 0 Å². The van der Waals surface area contributed by atoms with E-state index in [4.69, 9.17) is 28.4 Å². The Hall–Kier alpha value is -2.70. The number of carbonyl (C=O) groups excluding carboxylic acids is 1. The van der Waals surface area contributed by atoms with Crippen LogP contribution in [0.4, 0.5) is 24.5 Å². The second-order valence-electron chi connectivity index (χ2n) is 8.30. The van der Waals surface area contributed by atoms with Gasteiger partial charge in [-0.25, -0.2) is 4.79 Å². The summed E-state index contributed by atoms with van der Waals surface area (Å²) in [5.74, 6) is -0.616. The van der Waals surface area contributed by atoms with Gasteiger partial charge in [0.25, 0.3) is 0 Å². The Balaban J connectivity index is 1.52. The minimum Gasteiger partial charge on any atom is -0.460 e. The highest BCUT2D eigenvalue weighted by molar-refractivity contribution is 5.96. The first-order valence-electron chi connectivity index (χ1n) is 13.0. The van der Waals surface area contributed by atoms with Crippen molar-refractivity contribution >= 4 is 17.3 Å². The lowest BCUT2D eigenvalue weighted by molar-refractivity contribution is -0.137. The topological polar surface area (TPSA) is 84.5 Å². The number of benzene rings is 2. The molecular formula is C28H38F3NO7. The third kappa shape index (κ3) is 14.3. The fraction of sp³-hybridized carbons (Fsp3) is 0.536. The van der Waals surface area contributed by atoms with Crippen molar-refractivity contribution in [1.29, 1.82) is 0 Å². The summed E-state index contributed by atoms with van der Waals surface area (Å²) in [7, 11) is 0. The van der Waals surface area contributed by atoms with E-state index in [1.54, 1.807) is 18.2 Å². The highest BCUT2D eigenvalue weighted by atomic mass is 19.4. The third-order valence-electron chi connectivity index (χ3n) is 5.21. The molecule has 0 fully saturated rings. The van der Waals surface area contributed by atoms with Crippen molar-refractivity contribution in [3.63, 3.8) is 0 Å². The van der Waals surface area contributed by atoms with Crippen LogP contribution in [0, 0.1) is 0 Å². The average molecular weight is 558 g/mol. The van der Waals surface area contributed by atoms with Crippen LogP contribution in [0.2, 0.25) is 0 Å². The van der Waals surface area contributed by atoms with E-state index in [1.807, 2.05) is 0 Å². The molecule has 0 atom stereocenters. The fourth-order valence-corrected chi connectivity index (χ4v) is 3.20. The number of halogens is 3. The Morgan fingerprint density at radius 3 is 1.82 bits per heavy atom. The van der Waals surface area contributed by atoms with E-state index in [-0.39, 0.29) is 24.5 Å². The van der Waals surface area contributed by atoms with Gasteiger partial charge in [-0.1, -0.05) is 31.5 Å². The molecule has 11 heteroatoms. The smallest absolute Gasteiger partial charge is 0.416 e. The van der Waals surface area contributed by atoms with Crippen LogP contribution in [0.1, 0.15) is 35.7 Å². The molecule has 0 aliphatic carbocycles. The first-order valence-corrected chi connectivity index (χ1v) is 13.0. The van der Waals surface area contributed by atoms with Gasteiger partial charge in [-0.15, -0.1) is 0 Å². The lowest BCUT2D eigenvalue weighted by Crippen LogP contribution is -2.15. The van der Waals surface area contributed by atoms with Gasteiger partial charge < -0.3 is 33.7 Å². The van der Waals surface area contributed by atoms with Crippen molar-refractivity contribution in [2.45, 2.75) is 25.9 Å². The van der Waals surface area contributed by atoms with E-state index in [9.17, 15) is 18.0 Å². The summed E-state index contributed by atoms with van der Waals surface area (Å²) in [6, 6.07) is 11.2. The van der Waals surface area contributed by atoms with Crippen LogP contribution in [0.25, 0.3) is 0 Å². The van der Waals surface area contributed by atoms with Crippen molar-refractivity contribution in [3.05, 3.63) is 59.7 Å². The number of nitrogens with one attached hydrogen (secondary N) is 1. The van der Waals surface area contributed by atoms with Crippen LogP contribution in [0.15, 0.2) is 48.5 Å². The molecule has 0 amide bonds. The number of unbranched alkanes of at least 4 members (excludes halogenated alkanes) is 1. The standard InChI is InChI=1S/C28H38F3NO7/c1-2-3-11-34-12-13-35-14-15-36-16-17-37-18-19-38-20-21-39-27(33)25-9-4-5-10-26(25)32-24-8-6-7-23(22-24)28(29,30)31/h4-10,22,32H,2-3,11-21H2,1H3. The summed E-state index contributed by atoms with van der Waals surface area (Å²) < 4.78 is 71.2. The maximum Gasteiger partial charge on any atom is 0.416 e. The number of alkyl halides is 3. The number of para-hydroxylation sites is 1. The zero-order valence-corrected chi connectivity index (χ0v) is 22.3. The third-order valence-corrected chi connectivity index (χ3v) is 5.21. The maximum absolute atomic E-state index is 13.0. The summed E-state index contributed by atoms with van der Waals surface area (Å²) in [4.78, 5) is 12.5. The number of hydrogen-bond acceptors (Lipinski definition) is 8. The fourth-order valence-electron chi connectivity index (χ4n) is 3.20. The Bertz CT molecular complexity index is 943. The number of esters is 1. The van der Waals surface area contributed by atoms with Crippen molar-refractivity contribution in [1.82, 2.24) is 0 Å². The van der Waals surface area contributed by atoms with Gasteiger partial charge in [-0.2, -0.15) is 13.2 Å². The second kappa shape index (κ2) is 19.4. The predicted molar refractivity (Wildman–Crippen MR) is 140 cm³/mol. The minimum absolute atomic E-state index is 0.0173. The van der Waals surface area contributed by atoms with Crippen LogP contribution in [-0.2, 0) is 34.6 Å². The van der Waals surface area contributed by atoms with E-state index < -0.39 is 17.7 Å². The summed E-state index contributed by atoms with van der Waals surface area (Å²) in [6.45, 7) is 6.78. The molecule has 2 aromatic rings. The minimum atomic E-state index is -4.46. The number of anilines is 2. The van der Waals surface area contributed by atoms with Gasteiger partial charge in [0, 0.05) is 12.3 Å². The van der Waals surface area contributed by atoms with Crippen molar-refractivity contribution in [2.24, 2.45) is 0 Å². The zero-order valence-electron chi connectivity index (χ0n) is 22.3. The normalized spacial score (nSPS) is 11.5. The summed E-state index contributed by atoms with van der Waals surface area (Å²) in [6.07, 6.45) is -2.29. The van der Waals surface area contributed by atoms with Crippen LogP contribution in [0.3, 0.4) is 0 Å². The number of carbonyl (C=O) groups is 1. The highest BCUT2D eigenvalue weighted by Crippen LogP contribution is 2.32. The van der Waals surface area contributed by atoms with E-state index in [0.717, 1.165) is 31.6 Å². The molecule has 0 aliphatic heterocycles. The predicted octanol–water partition coefficient (Wildman–Crippen LogP) is 5.49. The first-order chi connectivity index (χ1) is 18.9. The lowest BCUT2D eigenvalue weighted by Gasteiger charge is -2.13. The van der Waals surface area contributed by atoms with Gasteiger partial charge in [0.05, 0.1) is 76.3 Å². The van der Waals surface area contributed by atoms with Gasteiger partial charge in [-0.05, 0) is 36.8 Å². The van der Waals surface area contributed by atoms with E-state index >= 15 is 0 Å². The quantitative estimate of drug-likeness (QED) is 0.159. The molecule has 0 bridgehead atoms. The Morgan fingerprint density at radius 1 is 0.718 bits per heavy atom. The molecule has 2 rings (SSSR count). The molecule has 0 saturated carbocycles. The first kappa shape index (κ1) is 32.5. The van der Waals surface area contributed by atoms with Gasteiger partial charge >= 0.3 is 12.1 Å². The molecule has 8 nitrogen and oxygen atoms in total. The molecule has 0 spiro atoms. The number of ether oxygens (including phenoxy) is 6. The molecule has 0 aliphatic rings. The summed E-state index contributed by atoms with van der Waals surface area (Å²) in [5.41, 5.74) is -0.0498. The van der Waals surface area contributed by atoms with E-state index in [0.29, 0.717) is 58.5 Å². The molecule has 1 N–H and O–H groups in total. The van der Waals surface area contributed by atoms with Crippen LogP contribution >= 0.6 is 0 Å². The molecule has 218 valence electrons. The SMILES string of the molecule is CCCCOCCOCCOCCOCCOCCOC(=O)c1ccccc1Nc1cccc(C(F)(F)F)c1. The van der Waals surface area contributed by atoms with E-state index in [1.165, 1.54) is 18.2 Å². The molecule has 2 aromatic carbocycles. The molecule has 0 radical (unpaired) electrons. The van der Waals surface area contributed by atoms with Crippen molar-refractivity contribution < 1.29 is 46.4 Å². The van der Waals surface area contributed by atoms with Crippen molar-refractivity contribution in [2.75, 3.05) is 78.0 Å². The Labute approximate surface area is 227 Å². The molecule has 39 heavy (non-hydrogen) atoms. The van der Waals surface area contributed by atoms with Gasteiger partial charge in [-0.3, -0.25) is 0 Å². The molecule has 0 saturated heterocycles. The van der Waals surface area contributed by atoms with Crippen molar-refractivity contribution in [3.8, 4) is 0 Å². The monoisotopic (exact) mass is 557 g/mol. The zero-order chi connectivity index (χ0) is 28.2. The van der Waals surface area contributed by atoms with Gasteiger partial charge in [0.1, 0.15) is 6.61 Å². The van der Waals surface area contributed by atoms with E-state index in [2.05, 4.69) is 12.2 Å². The van der Waals surface area contributed by atoms with Gasteiger partial charge in [0.2, 0.25) is 0 Å². The maximum atomic E-state index is 13.0. The second-order valence-corrected chi connectivity index (χ2v) is 8.30. The molecular weight excluding hydrogens is 519 g/mol. The lowest BCUT2D eigenvalue weighted by atomic mass is 10.1. The Morgan fingerprint density at radius 2 is 1.26 bits per heavy atom. The van der Waals surface area contributed by atoms with Crippen LogP contribution in [0.5, 0.6) is 0 Å². The number of rotatable bonds is 21. The van der Waals surface area contributed by atoms with Crippen LogP contribution < -0.4 is 5.32 Å². The largest absolute Gasteiger partial charge is 0.460 e. The highest BCUT2D eigenvalue weighted by Gasteiger charge is 2.30.